The number of carbonyl (C=O) groups is 1. The average molecular weight is 438 g/mol. The molecule has 2 aliphatic rings. The van der Waals surface area contributed by atoms with Crippen molar-refractivity contribution in [1.82, 2.24) is 0 Å². The average Bonchev–Trinajstić information content (AvgIpc) is 2.94. The normalized spacial score (nSPS) is 22.7. The second-order valence-electron chi connectivity index (χ2n) is 8.75. The molecular weight excluding hydrogens is 412 g/mol. The van der Waals surface area contributed by atoms with Crippen LogP contribution < -0.4 is 9.47 Å². The Labute approximate surface area is 185 Å². The van der Waals surface area contributed by atoms with E-state index in [0.29, 0.717) is 5.56 Å². The molecule has 0 spiro atoms. The fraction of sp³-hybridized carbons (Fsp3) is 0.320. The number of aliphatic hydroxyl groups is 1. The summed E-state index contributed by atoms with van der Waals surface area (Å²) >= 11 is 0. The number of ether oxygens (including phenoxy) is 2. The van der Waals surface area contributed by atoms with Crippen LogP contribution in [-0.2, 0) is 12.0 Å². The summed E-state index contributed by atoms with van der Waals surface area (Å²) in [6.07, 6.45) is 3.87. The molecule has 0 aromatic heterocycles. The number of aromatic hydroxyl groups is 3. The molecule has 2 aromatic carbocycles. The third-order valence-electron chi connectivity index (χ3n) is 5.88. The van der Waals surface area contributed by atoms with Crippen molar-refractivity contribution in [3.05, 3.63) is 64.3 Å². The van der Waals surface area contributed by atoms with Crippen molar-refractivity contribution >= 4 is 5.78 Å². The molecule has 0 aliphatic carbocycles. The summed E-state index contributed by atoms with van der Waals surface area (Å²) in [7, 11) is 0. The van der Waals surface area contributed by atoms with Gasteiger partial charge < -0.3 is 29.9 Å². The smallest absolute Gasteiger partial charge is 0.318 e. The first-order valence-corrected chi connectivity index (χ1v) is 10.3. The van der Waals surface area contributed by atoms with E-state index in [9.17, 15) is 25.2 Å². The van der Waals surface area contributed by atoms with Crippen molar-refractivity contribution in [3.8, 4) is 28.7 Å². The molecule has 4 rings (SSSR count). The van der Waals surface area contributed by atoms with E-state index in [1.54, 1.807) is 12.2 Å². The largest absolute Gasteiger partial charge is 0.508 e. The van der Waals surface area contributed by atoms with E-state index in [1.807, 2.05) is 27.7 Å². The number of allylic oxidation sites excluding steroid dienone is 3. The molecule has 7 heteroatoms. The maximum absolute atomic E-state index is 13.7. The zero-order valence-electron chi connectivity index (χ0n) is 18.4. The second-order valence-corrected chi connectivity index (χ2v) is 8.75. The summed E-state index contributed by atoms with van der Waals surface area (Å²) in [5, 5.41) is 43.0. The third kappa shape index (κ3) is 3.04. The highest BCUT2D eigenvalue weighted by atomic mass is 16.7. The number of benzene rings is 2. The van der Waals surface area contributed by atoms with Crippen LogP contribution in [0, 0.1) is 0 Å². The third-order valence-corrected chi connectivity index (χ3v) is 5.88. The van der Waals surface area contributed by atoms with Crippen LogP contribution in [0.3, 0.4) is 0 Å². The second kappa shape index (κ2) is 7.31. The van der Waals surface area contributed by atoms with E-state index in [-0.39, 0.29) is 47.0 Å². The van der Waals surface area contributed by atoms with Gasteiger partial charge >= 0.3 is 5.79 Å². The minimum Gasteiger partial charge on any atom is -0.508 e. The van der Waals surface area contributed by atoms with E-state index >= 15 is 0 Å². The topological polar surface area (TPSA) is 116 Å². The monoisotopic (exact) mass is 438 g/mol. The number of hydrogen-bond donors (Lipinski definition) is 4. The van der Waals surface area contributed by atoms with Gasteiger partial charge in [0.2, 0.25) is 11.4 Å². The van der Waals surface area contributed by atoms with Gasteiger partial charge in [-0.25, -0.2) is 0 Å². The summed E-state index contributed by atoms with van der Waals surface area (Å²) in [6, 6.07) is 5.53. The van der Waals surface area contributed by atoms with Crippen LogP contribution in [0.1, 0.15) is 55.6 Å². The van der Waals surface area contributed by atoms with Crippen LogP contribution in [0.2, 0.25) is 0 Å². The Balaban J connectivity index is 1.95. The van der Waals surface area contributed by atoms with E-state index in [0.717, 1.165) is 11.1 Å². The Morgan fingerprint density at radius 2 is 1.66 bits per heavy atom. The van der Waals surface area contributed by atoms with Crippen LogP contribution >= 0.6 is 0 Å². The van der Waals surface area contributed by atoms with E-state index in [2.05, 4.69) is 0 Å². The zero-order valence-corrected chi connectivity index (χ0v) is 18.4. The lowest BCUT2D eigenvalue weighted by atomic mass is 9.77. The molecule has 0 amide bonds. The molecule has 168 valence electrons. The zero-order chi connectivity index (χ0) is 23.4. The molecule has 2 atom stereocenters. The van der Waals surface area contributed by atoms with Gasteiger partial charge in [0.15, 0.2) is 0 Å². The molecule has 7 nitrogen and oxygen atoms in total. The molecular formula is C25H26O7. The summed E-state index contributed by atoms with van der Waals surface area (Å²) in [6.45, 7) is 7.49. The number of phenols is 3. The van der Waals surface area contributed by atoms with Gasteiger partial charge in [-0.2, -0.15) is 0 Å². The Morgan fingerprint density at radius 3 is 2.31 bits per heavy atom. The van der Waals surface area contributed by atoms with Crippen LogP contribution in [0.15, 0.2) is 47.6 Å². The van der Waals surface area contributed by atoms with Gasteiger partial charge in [0.05, 0.1) is 0 Å². The molecule has 2 heterocycles. The molecule has 0 unspecified atom stereocenters. The van der Waals surface area contributed by atoms with Crippen molar-refractivity contribution in [2.45, 2.75) is 51.9 Å². The number of rotatable bonds is 4. The van der Waals surface area contributed by atoms with E-state index in [4.69, 9.17) is 9.47 Å². The Morgan fingerprint density at radius 1 is 0.969 bits per heavy atom. The molecule has 2 aromatic rings. The summed E-state index contributed by atoms with van der Waals surface area (Å²) in [5.41, 5.74) is 0.499. The number of fused-ring (bicyclic) bond motifs is 4. The number of ketones is 1. The molecule has 0 fully saturated rings. The summed E-state index contributed by atoms with van der Waals surface area (Å²) in [4.78, 5) is 13.7. The predicted octanol–water partition coefficient (Wildman–Crippen LogP) is 4.22. The Kier molecular flexibility index (Phi) is 4.97. The fourth-order valence-corrected chi connectivity index (χ4v) is 4.18. The quantitative estimate of drug-likeness (QED) is 0.528. The minimum absolute atomic E-state index is 0.0534. The van der Waals surface area contributed by atoms with E-state index < -0.39 is 22.9 Å². The lowest BCUT2D eigenvalue weighted by Crippen LogP contribution is -2.62. The Bertz CT molecular complexity index is 1190. The minimum atomic E-state index is -2.48. The predicted molar refractivity (Wildman–Crippen MR) is 117 cm³/mol. The highest BCUT2D eigenvalue weighted by Crippen LogP contribution is 2.58. The summed E-state index contributed by atoms with van der Waals surface area (Å²) < 4.78 is 11.9. The van der Waals surface area contributed by atoms with Gasteiger partial charge in [0.25, 0.3) is 0 Å². The first-order valence-electron chi connectivity index (χ1n) is 10.3. The maximum Gasteiger partial charge on any atom is 0.318 e. The van der Waals surface area contributed by atoms with E-state index in [1.165, 1.54) is 24.3 Å². The fourth-order valence-electron chi connectivity index (χ4n) is 4.18. The number of hydrogen-bond acceptors (Lipinski definition) is 7. The lowest BCUT2D eigenvalue weighted by molar-refractivity contribution is -0.201. The number of carbonyl (C=O) groups excluding carboxylic acids is 1. The van der Waals surface area contributed by atoms with Gasteiger partial charge in [-0.1, -0.05) is 23.3 Å². The molecule has 32 heavy (non-hydrogen) atoms. The van der Waals surface area contributed by atoms with Gasteiger partial charge in [0, 0.05) is 29.7 Å². The Hall–Kier alpha value is -3.45. The van der Waals surface area contributed by atoms with Crippen molar-refractivity contribution in [3.63, 3.8) is 0 Å². The molecule has 0 bridgehead atoms. The van der Waals surface area contributed by atoms with Crippen LogP contribution in [0.5, 0.6) is 28.7 Å². The highest BCUT2D eigenvalue weighted by molar-refractivity contribution is 6.09. The van der Waals surface area contributed by atoms with Gasteiger partial charge in [0.1, 0.15) is 34.3 Å². The van der Waals surface area contributed by atoms with Gasteiger partial charge in [-0.15, -0.1) is 0 Å². The lowest BCUT2D eigenvalue weighted by Gasteiger charge is -2.43. The molecule has 4 N–H and O–H groups in total. The van der Waals surface area contributed by atoms with Gasteiger partial charge in [-0.05, 0) is 46.2 Å². The van der Waals surface area contributed by atoms with Crippen molar-refractivity contribution < 1.29 is 34.7 Å². The SMILES string of the molecule is CC(C)=CCc1c(O)cc2c(c1O)C(=O)[C@@]1(O)Oc3cc(O)ccc3[C@@]1(CC=C(C)C)O2. The molecule has 0 saturated heterocycles. The van der Waals surface area contributed by atoms with Gasteiger partial charge in [-0.3, -0.25) is 4.79 Å². The summed E-state index contributed by atoms with van der Waals surface area (Å²) in [5.74, 6) is -4.10. The number of phenolic OH excluding ortho intramolecular Hbond substituents is 3. The molecule has 0 saturated carbocycles. The standard InChI is InChI=1S/C25H26O7/c1-13(2)5-7-16-18(27)12-20-21(22(16)28)23(29)25(30)24(31-20,10-9-14(3)4)17-8-6-15(26)11-19(17)32-25/h5-6,8-9,11-12,26-28,30H,7,10H2,1-4H3/t24-,25-/m1/s1. The van der Waals surface area contributed by atoms with Crippen LogP contribution in [0.4, 0.5) is 0 Å². The van der Waals surface area contributed by atoms with Crippen LogP contribution in [-0.4, -0.2) is 32.0 Å². The van der Waals surface area contributed by atoms with Crippen molar-refractivity contribution in [1.29, 1.82) is 0 Å². The highest BCUT2D eigenvalue weighted by Gasteiger charge is 2.69. The first kappa shape index (κ1) is 21.8. The molecule has 2 aliphatic heterocycles. The first-order chi connectivity index (χ1) is 15.0. The van der Waals surface area contributed by atoms with Crippen LogP contribution in [0.25, 0.3) is 0 Å². The van der Waals surface area contributed by atoms with Crippen molar-refractivity contribution in [2.24, 2.45) is 0 Å². The number of Topliss-reactive ketones (excluding diaryl/α,β-unsaturated/α-hetero) is 1. The maximum atomic E-state index is 13.7. The molecule has 0 radical (unpaired) electrons. The van der Waals surface area contributed by atoms with Crippen molar-refractivity contribution in [2.75, 3.05) is 0 Å².